The molecule has 4 aliphatic rings. The van der Waals surface area contributed by atoms with E-state index in [1.54, 1.807) is 194 Å². The normalized spacial score (nSPS) is 14.2. The molecule has 0 bridgehead atoms. The number of carboxylic acids is 4. The van der Waals surface area contributed by atoms with Crippen LogP contribution in [0.1, 0.15) is 105 Å². The van der Waals surface area contributed by atoms with Gasteiger partial charge in [-0.3, -0.25) is 58.0 Å². The molecule has 12 aromatic carbocycles. The van der Waals surface area contributed by atoms with Gasteiger partial charge >= 0.3 is 23.9 Å². The van der Waals surface area contributed by atoms with Crippen LogP contribution in [-0.4, -0.2) is 135 Å². The van der Waals surface area contributed by atoms with E-state index in [2.05, 4.69) is 63.7 Å². The molecule has 0 aromatic heterocycles. The maximum Gasteiger partial charge on any atom is 0.327 e. The summed E-state index contributed by atoms with van der Waals surface area (Å²) in [4.78, 5) is 156. The molecule has 0 aliphatic carbocycles. The summed E-state index contributed by atoms with van der Waals surface area (Å²) in [5, 5.41) is 44.3. The van der Waals surface area contributed by atoms with Gasteiger partial charge in [-0.15, -0.1) is 0 Å². The summed E-state index contributed by atoms with van der Waals surface area (Å²) in [6.45, 7) is 0. The summed E-state index contributed by atoms with van der Waals surface area (Å²) in [6, 6.07) is 64.9. The molecule has 0 spiro atoms. The smallest absolute Gasteiger partial charge is 0.327 e. The Morgan fingerprint density at radius 1 is 0.236 bits per heavy atom. The molecule has 2 radical (unpaired) electrons. The molecule has 20 nitrogen and oxygen atoms in total. The Morgan fingerprint density at radius 3 is 0.564 bits per heavy atom. The third-order valence-electron chi connectivity index (χ3n) is 19.0. The molecule has 0 saturated carbocycles. The predicted molar refractivity (Wildman–Crippen MR) is 415 cm³/mol. The number of hydrogen-bond acceptors (Lipinski definition) is 12. The van der Waals surface area contributed by atoms with Crippen molar-refractivity contribution in [1.82, 2.24) is 19.6 Å². The maximum absolute atomic E-state index is 13.1. The summed E-state index contributed by atoms with van der Waals surface area (Å²) >= 11 is 13.8. The number of halogens is 4. The van der Waals surface area contributed by atoms with Crippen molar-refractivity contribution in [3.05, 3.63) is 327 Å². The number of amides is 8. The number of rotatable bonds is 16. The molecule has 8 amide bonds. The zero-order valence-electron chi connectivity index (χ0n) is 56.9. The first-order valence-electron chi connectivity index (χ1n) is 33.4. The summed E-state index contributed by atoms with van der Waals surface area (Å²) in [6.07, 6.45) is 0.204. The second kappa shape index (κ2) is 34.1. The van der Waals surface area contributed by atoms with Gasteiger partial charge in [0.2, 0.25) is 0 Å². The van der Waals surface area contributed by atoms with Crippen molar-refractivity contribution >= 4 is 178 Å². The largest absolute Gasteiger partial charge is 0.480 e. The van der Waals surface area contributed by atoms with E-state index in [0.29, 0.717) is 66.1 Å². The van der Waals surface area contributed by atoms with Crippen LogP contribution in [0.15, 0.2) is 261 Å². The average molecular weight is 1900 g/mol. The minimum absolute atomic E-state index is 0. The minimum Gasteiger partial charge on any atom is -0.480 e. The number of imide groups is 4. The zero-order chi connectivity index (χ0) is 76.5. The molecule has 4 aliphatic heterocycles. The Labute approximate surface area is 685 Å². The molecule has 4 N–H and O–H groups in total. The summed E-state index contributed by atoms with van der Waals surface area (Å²) in [7, 11) is 0. The number of carboxylic acid groups (broad SMARTS) is 4. The molecule has 0 saturated heterocycles. The van der Waals surface area contributed by atoms with Crippen LogP contribution in [0.25, 0.3) is 43.1 Å². The molecule has 4 atom stereocenters. The Kier molecular flexibility index (Phi) is 24.9. The number of nitrogens with zero attached hydrogens (tertiary/aromatic N) is 4. The van der Waals surface area contributed by atoms with Crippen LogP contribution in [0.4, 0.5) is 0 Å². The fourth-order valence-electron chi connectivity index (χ4n) is 14.0. The van der Waals surface area contributed by atoms with E-state index in [4.69, 9.17) is 0 Å². The fraction of sp³-hybridized carbons (Fsp3) is 0.0952. The number of carbonyl (C=O) groups is 12. The Bertz CT molecular complexity index is 5010. The SMILES string of the molecule is O=C(O)[C@H](Cc1ccccc1)N1C(=O)c2cccc3c(Br)ccc(c23)C1=O.O=C(O)[C@H](Cc1ccccc1)N1C(=O)c2cccc3c(Br)ccc(c23)C1=O.O=C(O)[C@H](Cc1ccccc1)N1C(=O)c2cccc3c(Br)ccc(c23)C1=O.O=C(O)[C@H](Cc1ccccc1)N1C(=O)c2cccc3c(Br)ccc(c23)C1=O.[Rh].[Rh]. The van der Waals surface area contributed by atoms with Crippen molar-refractivity contribution in [2.24, 2.45) is 0 Å². The van der Waals surface area contributed by atoms with Crippen LogP contribution in [0.5, 0.6) is 0 Å². The van der Waals surface area contributed by atoms with E-state index in [0.717, 1.165) is 81.3 Å². The molecule has 16 rings (SSSR count). The van der Waals surface area contributed by atoms with Crippen molar-refractivity contribution in [3.63, 3.8) is 0 Å². The van der Waals surface area contributed by atoms with E-state index in [-0.39, 0.29) is 64.6 Å². The van der Waals surface area contributed by atoms with Crippen LogP contribution in [0.3, 0.4) is 0 Å². The average Bonchev–Trinajstić information content (AvgIpc) is 0.756. The van der Waals surface area contributed by atoms with Crippen LogP contribution in [-0.2, 0) is 83.8 Å². The number of aliphatic carboxylic acids is 4. The monoisotopic (exact) mass is 1900 g/mol. The van der Waals surface area contributed by atoms with Gasteiger partial charge in [0, 0.05) is 149 Å². The van der Waals surface area contributed by atoms with Crippen LogP contribution in [0.2, 0.25) is 0 Å². The van der Waals surface area contributed by atoms with Crippen molar-refractivity contribution in [2.45, 2.75) is 49.9 Å². The first-order valence-corrected chi connectivity index (χ1v) is 36.6. The number of carbonyl (C=O) groups excluding carboxylic acids is 8. The van der Waals surface area contributed by atoms with Crippen LogP contribution in [0, 0.1) is 0 Å². The van der Waals surface area contributed by atoms with Crippen molar-refractivity contribution in [1.29, 1.82) is 0 Å². The van der Waals surface area contributed by atoms with E-state index in [9.17, 15) is 78.0 Å². The van der Waals surface area contributed by atoms with Gasteiger partial charge in [0.15, 0.2) is 0 Å². The molecule has 12 aromatic rings. The fourth-order valence-corrected chi connectivity index (χ4v) is 15.8. The van der Waals surface area contributed by atoms with Gasteiger partial charge in [0.1, 0.15) is 24.2 Å². The molecule has 26 heteroatoms. The van der Waals surface area contributed by atoms with E-state index < -0.39 is 95.3 Å². The van der Waals surface area contributed by atoms with Gasteiger partial charge in [0.25, 0.3) is 47.3 Å². The standard InChI is InChI=1S/4C21H14BrNO4.2Rh/c4*22-16-10-9-15-18-13(16)7-4-8-14(18)19(24)23(20(15)25)17(21(26)27)11-12-5-2-1-3-6-12;;/h4*1-10,17H,11H2,(H,26,27);;/t4*17-;;/m0000../s1. The van der Waals surface area contributed by atoms with Crippen molar-refractivity contribution < 1.29 is 117 Å². The summed E-state index contributed by atoms with van der Waals surface area (Å²) in [5.74, 6) is -9.53. The first kappa shape index (κ1) is 80.3. The quantitative estimate of drug-likeness (QED) is 0.0516. The first-order chi connectivity index (χ1) is 51.9. The zero-order valence-corrected chi connectivity index (χ0v) is 66.5. The summed E-state index contributed by atoms with van der Waals surface area (Å²) < 4.78 is 3.10. The Balaban J connectivity index is 0.000000145. The third kappa shape index (κ3) is 15.5. The van der Waals surface area contributed by atoms with E-state index >= 15 is 0 Å². The van der Waals surface area contributed by atoms with Gasteiger partial charge in [-0.1, -0.05) is 234 Å². The van der Waals surface area contributed by atoms with Crippen LogP contribution >= 0.6 is 63.7 Å². The van der Waals surface area contributed by atoms with Gasteiger partial charge in [-0.2, -0.15) is 0 Å². The Hall–Kier alpha value is -10.7. The molecule has 110 heavy (non-hydrogen) atoms. The van der Waals surface area contributed by atoms with E-state index in [1.165, 1.54) is 0 Å². The van der Waals surface area contributed by atoms with Crippen molar-refractivity contribution in [3.8, 4) is 0 Å². The topological polar surface area (TPSA) is 299 Å². The molecule has 0 fully saturated rings. The molecular weight excluding hydrogens is 1850 g/mol. The third-order valence-corrected chi connectivity index (χ3v) is 21.8. The maximum atomic E-state index is 13.1. The van der Waals surface area contributed by atoms with Gasteiger partial charge in [-0.05, 0) is 117 Å². The molecule has 4 heterocycles. The van der Waals surface area contributed by atoms with E-state index in [1.807, 2.05) is 48.5 Å². The van der Waals surface area contributed by atoms with Gasteiger partial charge in [0.05, 0.1) is 0 Å². The van der Waals surface area contributed by atoms with Gasteiger partial charge < -0.3 is 20.4 Å². The second-order valence-corrected chi connectivity index (χ2v) is 28.8. The number of hydrogen-bond donors (Lipinski definition) is 4. The second-order valence-electron chi connectivity index (χ2n) is 25.4. The molecule has 0 unspecified atom stereocenters. The summed E-state index contributed by atoms with van der Waals surface area (Å²) in [5.41, 5.74) is 5.65. The Morgan fingerprint density at radius 2 is 0.400 bits per heavy atom. The van der Waals surface area contributed by atoms with Crippen LogP contribution < -0.4 is 0 Å². The molecular formula is C84H56Br4N4O16Rh2. The van der Waals surface area contributed by atoms with Crippen molar-refractivity contribution in [2.75, 3.05) is 0 Å². The predicted octanol–water partition coefficient (Wildman–Crippen LogP) is 15.6. The number of benzene rings is 12. The minimum atomic E-state index is -1.28. The van der Waals surface area contributed by atoms with Gasteiger partial charge in [-0.25, -0.2) is 19.2 Å². The molecule has 554 valence electrons.